The number of hydrogen-bond donors (Lipinski definition) is 0. The molecule has 0 aliphatic carbocycles. The Hall–Kier alpha value is -2.04. The van der Waals surface area contributed by atoms with Crippen molar-refractivity contribution in [3.05, 3.63) is 65.2 Å². The number of esters is 1. The summed E-state index contributed by atoms with van der Waals surface area (Å²) < 4.78 is 5.42. The first kappa shape index (κ1) is 16.8. The Labute approximate surface area is 146 Å². The SMILES string of the molecule is CC(C)OC(=O)[C@@H]1CON(c2ccccc2)[C@H]1c1cccc(Cl)c1. The van der Waals surface area contributed by atoms with Crippen LogP contribution in [0.2, 0.25) is 5.02 Å². The number of anilines is 1. The third-order valence-electron chi connectivity index (χ3n) is 3.88. The van der Waals surface area contributed by atoms with Crippen LogP contribution in [0, 0.1) is 5.92 Å². The van der Waals surface area contributed by atoms with E-state index in [2.05, 4.69) is 0 Å². The molecule has 24 heavy (non-hydrogen) atoms. The highest BCUT2D eigenvalue weighted by atomic mass is 35.5. The summed E-state index contributed by atoms with van der Waals surface area (Å²) in [5, 5.41) is 2.40. The zero-order valence-corrected chi connectivity index (χ0v) is 14.4. The number of carbonyl (C=O) groups excluding carboxylic acids is 1. The minimum atomic E-state index is -0.411. The van der Waals surface area contributed by atoms with E-state index in [-0.39, 0.29) is 24.7 Å². The number of hydrogen-bond acceptors (Lipinski definition) is 4. The second kappa shape index (κ2) is 7.24. The number of ether oxygens (including phenoxy) is 1. The number of carbonyl (C=O) groups is 1. The Balaban J connectivity index is 1.97. The van der Waals surface area contributed by atoms with Gasteiger partial charge in [-0.25, -0.2) is 5.06 Å². The highest BCUT2D eigenvalue weighted by Gasteiger charge is 2.42. The second-order valence-corrected chi connectivity index (χ2v) is 6.49. The van der Waals surface area contributed by atoms with Crippen LogP contribution in [-0.2, 0) is 14.4 Å². The minimum absolute atomic E-state index is 0.164. The van der Waals surface area contributed by atoms with E-state index in [1.807, 2.05) is 68.4 Å². The van der Waals surface area contributed by atoms with Crippen LogP contribution < -0.4 is 5.06 Å². The zero-order chi connectivity index (χ0) is 17.1. The van der Waals surface area contributed by atoms with Crippen LogP contribution in [-0.4, -0.2) is 18.7 Å². The summed E-state index contributed by atoms with van der Waals surface area (Å²) in [4.78, 5) is 18.4. The largest absolute Gasteiger partial charge is 0.463 e. The van der Waals surface area contributed by atoms with E-state index in [1.54, 1.807) is 5.06 Å². The maximum Gasteiger partial charge on any atom is 0.314 e. The molecule has 2 aromatic rings. The normalized spacial score (nSPS) is 20.4. The first-order valence-corrected chi connectivity index (χ1v) is 8.37. The summed E-state index contributed by atoms with van der Waals surface area (Å²) >= 11 is 6.15. The van der Waals surface area contributed by atoms with Crippen molar-refractivity contribution in [3.63, 3.8) is 0 Å². The maximum atomic E-state index is 12.5. The molecule has 1 aliphatic rings. The van der Waals surface area contributed by atoms with Gasteiger partial charge >= 0.3 is 5.97 Å². The number of para-hydroxylation sites is 1. The fourth-order valence-corrected chi connectivity index (χ4v) is 3.08. The average Bonchev–Trinajstić information content (AvgIpc) is 3.00. The van der Waals surface area contributed by atoms with Gasteiger partial charge < -0.3 is 4.74 Å². The Morgan fingerprint density at radius 3 is 2.62 bits per heavy atom. The number of rotatable bonds is 4. The fourth-order valence-electron chi connectivity index (χ4n) is 2.88. The summed E-state index contributed by atoms with van der Waals surface area (Å²) in [7, 11) is 0. The van der Waals surface area contributed by atoms with E-state index < -0.39 is 5.92 Å². The predicted octanol–water partition coefficient (Wildman–Crippen LogP) is 4.40. The monoisotopic (exact) mass is 345 g/mol. The molecule has 1 fully saturated rings. The van der Waals surface area contributed by atoms with Crippen molar-refractivity contribution >= 4 is 23.3 Å². The molecule has 1 aliphatic heterocycles. The van der Waals surface area contributed by atoms with Crippen LogP contribution in [0.15, 0.2) is 54.6 Å². The highest BCUT2D eigenvalue weighted by molar-refractivity contribution is 6.30. The van der Waals surface area contributed by atoms with Gasteiger partial charge in [-0.1, -0.05) is 41.9 Å². The first-order chi connectivity index (χ1) is 11.6. The standard InChI is InChI=1S/C19H20ClNO3/c1-13(2)24-19(22)17-12-23-21(16-9-4-3-5-10-16)18(17)14-7-6-8-15(20)11-14/h3-11,13,17-18H,12H2,1-2H3/t17-,18+/m1/s1. The van der Waals surface area contributed by atoms with Crippen molar-refractivity contribution in [2.45, 2.75) is 26.0 Å². The molecular weight excluding hydrogens is 326 g/mol. The quantitative estimate of drug-likeness (QED) is 0.770. The van der Waals surface area contributed by atoms with E-state index >= 15 is 0 Å². The summed E-state index contributed by atoms with van der Waals surface area (Å²) in [6, 6.07) is 17.0. The maximum absolute atomic E-state index is 12.5. The molecule has 0 unspecified atom stereocenters. The lowest BCUT2D eigenvalue weighted by Gasteiger charge is -2.27. The Bertz CT molecular complexity index is 705. The summed E-state index contributed by atoms with van der Waals surface area (Å²) in [6.45, 7) is 3.96. The van der Waals surface area contributed by atoms with Crippen LogP contribution in [0.4, 0.5) is 5.69 Å². The molecule has 0 aromatic heterocycles. The van der Waals surface area contributed by atoms with E-state index in [0.29, 0.717) is 5.02 Å². The van der Waals surface area contributed by atoms with Gasteiger partial charge in [0.1, 0.15) is 5.92 Å². The molecule has 0 N–H and O–H groups in total. The lowest BCUT2D eigenvalue weighted by Crippen LogP contribution is -2.30. The van der Waals surface area contributed by atoms with Crippen molar-refractivity contribution in [3.8, 4) is 0 Å². The first-order valence-electron chi connectivity index (χ1n) is 7.99. The summed E-state index contributed by atoms with van der Waals surface area (Å²) in [6.07, 6.45) is -0.164. The number of halogens is 1. The van der Waals surface area contributed by atoms with Crippen LogP contribution in [0.1, 0.15) is 25.5 Å². The van der Waals surface area contributed by atoms with Gasteiger partial charge in [-0.2, -0.15) is 0 Å². The Morgan fingerprint density at radius 2 is 1.96 bits per heavy atom. The molecule has 5 heteroatoms. The highest BCUT2D eigenvalue weighted by Crippen LogP contribution is 2.40. The van der Waals surface area contributed by atoms with Crippen LogP contribution in [0.25, 0.3) is 0 Å². The van der Waals surface area contributed by atoms with Gasteiger partial charge in [0.15, 0.2) is 0 Å². The molecule has 0 radical (unpaired) electrons. The van der Waals surface area contributed by atoms with E-state index in [9.17, 15) is 4.79 Å². The molecule has 0 saturated carbocycles. The molecule has 2 atom stereocenters. The zero-order valence-electron chi connectivity index (χ0n) is 13.7. The number of benzene rings is 2. The molecule has 126 valence electrons. The van der Waals surface area contributed by atoms with E-state index in [4.69, 9.17) is 21.2 Å². The van der Waals surface area contributed by atoms with Crippen molar-refractivity contribution in [1.82, 2.24) is 0 Å². The Morgan fingerprint density at radius 1 is 1.21 bits per heavy atom. The van der Waals surface area contributed by atoms with Gasteiger partial charge in [0.05, 0.1) is 24.4 Å². The van der Waals surface area contributed by atoms with E-state index in [1.165, 1.54) is 0 Å². The van der Waals surface area contributed by atoms with Crippen LogP contribution >= 0.6 is 11.6 Å². The molecule has 0 bridgehead atoms. The second-order valence-electron chi connectivity index (χ2n) is 6.05. The third-order valence-corrected chi connectivity index (χ3v) is 4.12. The van der Waals surface area contributed by atoms with Gasteiger partial charge in [-0.05, 0) is 43.7 Å². The van der Waals surface area contributed by atoms with Gasteiger partial charge in [-0.15, -0.1) is 0 Å². The van der Waals surface area contributed by atoms with Crippen molar-refractivity contribution in [1.29, 1.82) is 0 Å². The predicted molar refractivity (Wildman–Crippen MR) is 93.8 cm³/mol. The lowest BCUT2D eigenvalue weighted by molar-refractivity contribution is -0.152. The van der Waals surface area contributed by atoms with Gasteiger partial charge in [0, 0.05) is 5.02 Å². The summed E-state index contributed by atoms with van der Waals surface area (Å²) in [5.74, 6) is -0.667. The van der Waals surface area contributed by atoms with Crippen molar-refractivity contribution in [2.75, 3.05) is 11.7 Å². The molecule has 1 saturated heterocycles. The average molecular weight is 346 g/mol. The van der Waals surface area contributed by atoms with Crippen molar-refractivity contribution < 1.29 is 14.4 Å². The van der Waals surface area contributed by atoms with Crippen molar-refractivity contribution in [2.24, 2.45) is 5.92 Å². The fraction of sp³-hybridized carbons (Fsp3) is 0.316. The van der Waals surface area contributed by atoms with Gasteiger partial charge in [0.2, 0.25) is 0 Å². The molecule has 3 rings (SSSR count). The molecule has 4 nitrogen and oxygen atoms in total. The van der Waals surface area contributed by atoms with Gasteiger partial charge in [-0.3, -0.25) is 9.63 Å². The smallest absolute Gasteiger partial charge is 0.314 e. The minimum Gasteiger partial charge on any atom is -0.463 e. The lowest BCUT2D eigenvalue weighted by atomic mass is 9.94. The topological polar surface area (TPSA) is 38.8 Å². The summed E-state index contributed by atoms with van der Waals surface area (Å²) in [5.41, 5.74) is 1.82. The Kier molecular flexibility index (Phi) is 5.07. The van der Waals surface area contributed by atoms with Crippen LogP contribution in [0.5, 0.6) is 0 Å². The molecule has 1 heterocycles. The molecule has 0 spiro atoms. The third kappa shape index (κ3) is 3.55. The molecule has 2 aromatic carbocycles. The molecule has 0 amide bonds. The van der Waals surface area contributed by atoms with E-state index in [0.717, 1.165) is 11.3 Å². The number of hydroxylamine groups is 1. The number of nitrogens with zero attached hydrogens (tertiary/aromatic N) is 1. The molecular formula is C19H20ClNO3. The van der Waals surface area contributed by atoms with Gasteiger partial charge in [0.25, 0.3) is 0 Å². The van der Waals surface area contributed by atoms with Crippen LogP contribution in [0.3, 0.4) is 0 Å².